The summed E-state index contributed by atoms with van der Waals surface area (Å²) in [7, 11) is 0. The number of nitrogens with one attached hydrogen (secondary N) is 1. The maximum atomic E-state index is 13.8. The average Bonchev–Trinajstić information content (AvgIpc) is 2.96. The fraction of sp³-hybridized carbons (Fsp3) is 0.562. The molecule has 1 aromatic carbocycles. The minimum absolute atomic E-state index is 0.134. The molecule has 2 saturated heterocycles. The summed E-state index contributed by atoms with van der Waals surface area (Å²) in [5, 5.41) is 13.3. The molecule has 2 N–H and O–H groups in total. The first-order chi connectivity index (χ1) is 11.0. The molecule has 1 atom stereocenters. The second kappa shape index (κ2) is 6.65. The van der Waals surface area contributed by atoms with E-state index in [2.05, 4.69) is 5.32 Å². The van der Waals surface area contributed by atoms with Gasteiger partial charge in [0.05, 0.1) is 5.69 Å². The molecule has 0 spiro atoms. The Morgan fingerprint density at radius 2 is 2.09 bits per heavy atom. The van der Waals surface area contributed by atoms with E-state index in [4.69, 9.17) is 0 Å². The maximum absolute atomic E-state index is 13.8. The van der Waals surface area contributed by atoms with Gasteiger partial charge < -0.3 is 15.3 Å². The minimum atomic E-state index is -1.28. The number of rotatable bonds is 3. The minimum Gasteiger partial charge on any atom is -0.380 e. The Kier molecular flexibility index (Phi) is 4.77. The van der Waals surface area contributed by atoms with E-state index in [0.29, 0.717) is 38.0 Å². The van der Waals surface area contributed by atoms with Crippen LogP contribution in [-0.4, -0.2) is 47.3 Å². The van der Waals surface area contributed by atoms with Gasteiger partial charge in [-0.15, -0.1) is 0 Å². The van der Waals surface area contributed by atoms with Gasteiger partial charge in [-0.25, -0.2) is 8.78 Å². The number of hydrogen-bond donors (Lipinski definition) is 2. The molecule has 0 bridgehead atoms. The van der Waals surface area contributed by atoms with E-state index in [1.807, 2.05) is 0 Å². The monoisotopic (exact) mass is 342 g/mol. The Balaban J connectivity index is 1.60. The third-order valence-electron chi connectivity index (χ3n) is 4.52. The van der Waals surface area contributed by atoms with Crippen LogP contribution < -0.4 is 10.2 Å². The van der Waals surface area contributed by atoms with Gasteiger partial charge >= 0.3 is 0 Å². The summed E-state index contributed by atoms with van der Waals surface area (Å²) in [5.41, 5.74) is -0.935. The standard InChI is InChI=1S/C16H20F2N2O2S/c17-11-1-2-14(13(18)9-11)20-6-3-12(10-20)19-15(21)16(22)4-7-23-8-5-16/h1-2,9,12,22H,3-8,10H2,(H,19,21). The van der Waals surface area contributed by atoms with E-state index in [0.717, 1.165) is 17.6 Å². The number of hydrogen-bond acceptors (Lipinski definition) is 4. The largest absolute Gasteiger partial charge is 0.380 e. The zero-order chi connectivity index (χ0) is 16.4. The topological polar surface area (TPSA) is 52.6 Å². The Bertz CT molecular complexity index is 593. The second-order valence-electron chi connectivity index (χ2n) is 6.14. The predicted octanol–water partition coefficient (Wildman–Crippen LogP) is 1.92. The molecule has 0 radical (unpaired) electrons. The SMILES string of the molecule is O=C(NC1CCN(c2ccc(F)cc2F)C1)C1(O)CCSCC1. The summed E-state index contributed by atoms with van der Waals surface area (Å²) in [4.78, 5) is 14.1. The Labute approximate surface area is 138 Å². The van der Waals surface area contributed by atoms with Crippen LogP contribution in [0.5, 0.6) is 0 Å². The van der Waals surface area contributed by atoms with Crippen LogP contribution in [0, 0.1) is 11.6 Å². The summed E-state index contributed by atoms with van der Waals surface area (Å²) in [5.74, 6) is 0.0278. The second-order valence-corrected chi connectivity index (χ2v) is 7.37. The molecule has 2 aliphatic heterocycles. The summed E-state index contributed by atoms with van der Waals surface area (Å²) >= 11 is 1.74. The molecule has 4 nitrogen and oxygen atoms in total. The highest BCUT2D eigenvalue weighted by molar-refractivity contribution is 7.99. The molecule has 23 heavy (non-hydrogen) atoms. The highest BCUT2D eigenvalue weighted by Crippen LogP contribution is 2.28. The number of halogens is 2. The zero-order valence-corrected chi connectivity index (χ0v) is 13.5. The fourth-order valence-electron chi connectivity index (χ4n) is 3.09. The Hall–Kier alpha value is -1.34. The molecule has 2 fully saturated rings. The lowest BCUT2D eigenvalue weighted by Gasteiger charge is -2.31. The van der Waals surface area contributed by atoms with Crippen molar-refractivity contribution in [2.24, 2.45) is 0 Å². The lowest BCUT2D eigenvalue weighted by atomic mass is 9.95. The number of benzene rings is 1. The molecule has 2 aliphatic rings. The van der Waals surface area contributed by atoms with E-state index < -0.39 is 17.2 Å². The molecule has 7 heteroatoms. The maximum Gasteiger partial charge on any atom is 0.252 e. The first-order valence-corrected chi connectivity index (χ1v) is 8.94. The van der Waals surface area contributed by atoms with Crippen LogP contribution in [0.3, 0.4) is 0 Å². The number of aliphatic hydroxyl groups is 1. The summed E-state index contributed by atoms with van der Waals surface area (Å²) < 4.78 is 26.8. The van der Waals surface area contributed by atoms with Crippen molar-refractivity contribution >= 4 is 23.4 Å². The number of carbonyl (C=O) groups excluding carboxylic acids is 1. The van der Waals surface area contributed by atoms with Gasteiger partial charge in [0.2, 0.25) is 0 Å². The third kappa shape index (κ3) is 3.61. The van der Waals surface area contributed by atoms with Gasteiger partial charge in [0, 0.05) is 25.2 Å². The van der Waals surface area contributed by atoms with E-state index in [-0.39, 0.29) is 11.9 Å². The van der Waals surface area contributed by atoms with E-state index in [1.165, 1.54) is 12.1 Å². The first-order valence-electron chi connectivity index (χ1n) is 7.79. The highest BCUT2D eigenvalue weighted by atomic mass is 32.2. The van der Waals surface area contributed by atoms with Crippen molar-refractivity contribution in [1.29, 1.82) is 0 Å². The quantitative estimate of drug-likeness (QED) is 0.881. The number of carbonyl (C=O) groups is 1. The number of nitrogens with zero attached hydrogens (tertiary/aromatic N) is 1. The zero-order valence-electron chi connectivity index (χ0n) is 12.7. The van der Waals surface area contributed by atoms with Crippen LogP contribution in [0.25, 0.3) is 0 Å². The molecular formula is C16H20F2N2O2S. The molecule has 0 saturated carbocycles. The first kappa shape index (κ1) is 16.5. The molecule has 1 amide bonds. The van der Waals surface area contributed by atoms with Crippen LogP contribution in [-0.2, 0) is 4.79 Å². The van der Waals surface area contributed by atoms with Crippen LogP contribution in [0.4, 0.5) is 14.5 Å². The van der Waals surface area contributed by atoms with E-state index in [9.17, 15) is 18.7 Å². The van der Waals surface area contributed by atoms with Crippen LogP contribution in [0.2, 0.25) is 0 Å². The van der Waals surface area contributed by atoms with Gasteiger partial charge in [-0.05, 0) is 42.9 Å². The average molecular weight is 342 g/mol. The summed E-state index contributed by atoms with van der Waals surface area (Å²) in [6, 6.07) is 3.38. The molecule has 0 aromatic heterocycles. The van der Waals surface area contributed by atoms with Crippen LogP contribution >= 0.6 is 11.8 Å². The molecule has 0 aliphatic carbocycles. The molecule has 1 unspecified atom stereocenters. The van der Waals surface area contributed by atoms with Gasteiger partial charge in [-0.1, -0.05) is 0 Å². The van der Waals surface area contributed by atoms with Gasteiger partial charge in [0.1, 0.15) is 17.2 Å². The van der Waals surface area contributed by atoms with Gasteiger partial charge in [0.25, 0.3) is 5.91 Å². The lowest BCUT2D eigenvalue weighted by Crippen LogP contribution is -2.52. The third-order valence-corrected chi connectivity index (χ3v) is 5.50. The van der Waals surface area contributed by atoms with Crippen molar-refractivity contribution in [3.05, 3.63) is 29.8 Å². The normalized spacial score (nSPS) is 23.8. The van der Waals surface area contributed by atoms with Crippen molar-refractivity contribution < 1.29 is 18.7 Å². The Morgan fingerprint density at radius 1 is 1.35 bits per heavy atom. The molecule has 1 aromatic rings. The van der Waals surface area contributed by atoms with Gasteiger partial charge in [-0.3, -0.25) is 4.79 Å². The van der Waals surface area contributed by atoms with Crippen LogP contribution in [0.15, 0.2) is 18.2 Å². The van der Waals surface area contributed by atoms with Crippen LogP contribution in [0.1, 0.15) is 19.3 Å². The predicted molar refractivity (Wildman–Crippen MR) is 86.6 cm³/mol. The van der Waals surface area contributed by atoms with Crippen molar-refractivity contribution in [2.45, 2.75) is 30.9 Å². The summed E-state index contributed by atoms with van der Waals surface area (Å²) in [6.45, 7) is 1.04. The van der Waals surface area contributed by atoms with E-state index >= 15 is 0 Å². The highest BCUT2D eigenvalue weighted by Gasteiger charge is 2.39. The molecule has 3 rings (SSSR count). The van der Waals surface area contributed by atoms with Crippen molar-refractivity contribution in [1.82, 2.24) is 5.32 Å². The van der Waals surface area contributed by atoms with Crippen molar-refractivity contribution in [3.8, 4) is 0 Å². The fourth-order valence-corrected chi connectivity index (χ4v) is 4.26. The summed E-state index contributed by atoms with van der Waals surface area (Å²) in [6.07, 6.45) is 1.60. The molecular weight excluding hydrogens is 322 g/mol. The van der Waals surface area contributed by atoms with Gasteiger partial charge in [0.15, 0.2) is 0 Å². The molecule has 126 valence electrons. The Morgan fingerprint density at radius 3 is 2.78 bits per heavy atom. The lowest BCUT2D eigenvalue weighted by molar-refractivity contribution is -0.141. The number of amides is 1. The van der Waals surface area contributed by atoms with Crippen molar-refractivity contribution in [2.75, 3.05) is 29.5 Å². The van der Waals surface area contributed by atoms with Gasteiger partial charge in [-0.2, -0.15) is 11.8 Å². The smallest absolute Gasteiger partial charge is 0.252 e. The number of thioether (sulfide) groups is 1. The number of anilines is 1. The van der Waals surface area contributed by atoms with E-state index in [1.54, 1.807) is 16.7 Å². The van der Waals surface area contributed by atoms with Crippen molar-refractivity contribution in [3.63, 3.8) is 0 Å². The molecule has 2 heterocycles.